The van der Waals surface area contributed by atoms with Gasteiger partial charge in [-0.25, -0.2) is 0 Å². The highest BCUT2D eigenvalue weighted by Crippen LogP contribution is 2.20. The molecule has 1 aromatic carbocycles. The van der Waals surface area contributed by atoms with E-state index in [-0.39, 0.29) is 0 Å². The maximum atomic E-state index is 3.82. The summed E-state index contributed by atoms with van der Waals surface area (Å²) in [6.07, 6.45) is 3.44. The van der Waals surface area contributed by atoms with E-state index in [4.69, 9.17) is 0 Å². The molecule has 0 fully saturated rings. The van der Waals surface area contributed by atoms with E-state index in [1.54, 1.807) is 12.7 Å². The number of nitrogens with zero attached hydrogens (tertiary/aromatic N) is 3. The van der Waals surface area contributed by atoms with Crippen LogP contribution >= 0.6 is 0 Å². The molecule has 0 unspecified atom stereocenters. The largest absolute Gasteiger partial charge is 0.288 e. The molecule has 0 aliphatic carbocycles. The van der Waals surface area contributed by atoms with Crippen molar-refractivity contribution in [2.24, 2.45) is 0 Å². The topological polar surface area (TPSA) is 30.7 Å². The van der Waals surface area contributed by atoms with E-state index >= 15 is 0 Å². The first-order chi connectivity index (χ1) is 7.16. The Balaban J connectivity index is 2.49. The smallest absolute Gasteiger partial charge is 0.123 e. The number of aryl methyl sites for hydroxylation is 1. The maximum Gasteiger partial charge on any atom is 0.123 e. The lowest BCUT2D eigenvalue weighted by molar-refractivity contribution is 0.860. The molecule has 0 N–H and O–H groups in total. The number of aromatic nitrogens is 3. The van der Waals surface area contributed by atoms with Crippen LogP contribution < -0.4 is 0 Å². The normalized spacial score (nSPS) is 10.9. The predicted molar refractivity (Wildman–Crippen MR) is 60.2 cm³/mol. The van der Waals surface area contributed by atoms with Crippen molar-refractivity contribution in [2.75, 3.05) is 0 Å². The molecule has 78 valence electrons. The van der Waals surface area contributed by atoms with Gasteiger partial charge in [0.1, 0.15) is 12.7 Å². The van der Waals surface area contributed by atoms with Crippen molar-refractivity contribution in [1.29, 1.82) is 0 Å². The van der Waals surface area contributed by atoms with Gasteiger partial charge < -0.3 is 0 Å². The second kappa shape index (κ2) is 3.85. The molecule has 1 aromatic heterocycles. The van der Waals surface area contributed by atoms with Gasteiger partial charge >= 0.3 is 0 Å². The van der Waals surface area contributed by atoms with Gasteiger partial charge in [0, 0.05) is 5.69 Å². The van der Waals surface area contributed by atoms with Crippen molar-refractivity contribution in [1.82, 2.24) is 14.8 Å². The maximum absolute atomic E-state index is 3.82. The monoisotopic (exact) mass is 201 g/mol. The highest BCUT2D eigenvalue weighted by Gasteiger charge is 2.03. The van der Waals surface area contributed by atoms with Gasteiger partial charge in [-0.05, 0) is 36.1 Å². The van der Waals surface area contributed by atoms with E-state index < -0.39 is 0 Å². The summed E-state index contributed by atoms with van der Waals surface area (Å²) in [6.45, 7) is 6.51. The van der Waals surface area contributed by atoms with E-state index in [9.17, 15) is 0 Å². The van der Waals surface area contributed by atoms with E-state index in [1.165, 1.54) is 11.1 Å². The molecule has 15 heavy (non-hydrogen) atoms. The number of hydrogen-bond donors (Lipinski definition) is 0. The molecule has 2 aromatic rings. The summed E-state index contributed by atoms with van der Waals surface area (Å²) >= 11 is 0. The van der Waals surface area contributed by atoms with Crippen molar-refractivity contribution in [2.45, 2.75) is 26.7 Å². The van der Waals surface area contributed by atoms with Gasteiger partial charge in [-0.3, -0.25) is 4.57 Å². The summed E-state index contributed by atoms with van der Waals surface area (Å²) in [7, 11) is 0. The van der Waals surface area contributed by atoms with Crippen molar-refractivity contribution in [3.8, 4) is 5.69 Å². The van der Waals surface area contributed by atoms with E-state index in [2.05, 4.69) is 49.2 Å². The van der Waals surface area contributed by atoms with Gasteiger partial charge in [0.2, 0.25) is 0 Å². The van der Waals surface area contributed by atoms with Crippen LogP contribution in [0.3, 0.4) is 0 Å². The van der Waals surface area contributed by atoms with Gasteiger partial charge in [0.05, 0.1) is 0 Å². The fourth-order valence-corrected chi connectivity index (χ4v) is 1.61. The highest BCUT2D eigenvalue weighted by atomic mass is 15.2. The van der Waals surface area contributed by atoms with E-state index in [0.29, 0.717) is 5.92 Å². The van der Waals surface area contributed by atoms with Crippen LogP contribution in [0.25, 0.3) is 5.69 Å². The Morgan fingerprint density at radius 1 is 1.07 bits per heavy atom. The molecular weight excluding hydrogens is 186 g/mol. The molecule has 0 aliphatic heterocycles. The summed E-state index contributed by atoms with van der Waals surface area (Å²) in [5.74, 6) is 0.542. The summed E-state index contributed by atoms with van der Waals surface area (Å²) in [4.78, 5) is 0. The van der Waals surface area contributed by atoms with Gasteiger partial charge in [0.15, 0.2) is 0 Å². The third kappa shape index (κ3) is 2.06. The number of benzene rings is 1. The van der Waals surface area contributed by atoms with Gasteiger partial charge in [0.25, 0.3) is 0 Å². The summed E-state index contributed by atoms with van der Waals surface area (Å²) in [6, 6.07) is 6.54. The first-order valence-electron chi connectivity index (χ1n) is 5.13. The third-order valence-corrected chi connectivity index (χ3v) is 2.47. The van der Waals surface area contributed by atoms with Crippen LogP contribution in [0.1, 0.15) is 30.9 Å². The zero-order valence-corrected chi connectivity index (χ0v) is 9.31. The Labute approximate surface area is 89.8 Å². The zero-order valence-electron chi connectivity index (χ0n) is 9.31. The Bertz CT molecular complexity index is 444. The summed E-state index contributed by atoms with van der Waals surface area (Å²) in [5, 5.41) is 7.63. The summed E-state index contributed by atoms with van der Waals surface area (Å²) in [5.41, 5.74) is 3.74. The molecule has 0 aliphatic rings. The highest BCUT2D eigenvalue weighted by molar-refractivity contribution is 5.40. The molecule has 0 bridgehead atoms. The third-order valence-electron chi connectivity index (χ3n) is 2.47. The lowest BCUT2D eigenvalue weighted by atomic mass is 10.0. The standard InChI is InChI=1S/C12H15N3/c1-9(2)11-4-10(3)5-12(6-11)15-7-13-14-8-15/h4-9H,1-3H3. The van der Waals surface area contributed by atoms with Crippen LogP contribution in [0, 0.1) is 6.92 Å². The minimum absolute atomic E-state index is 0.542. The predicted octanol–water partition coefficient (Wildman–Crippen LogP) is 2.70. The Morgan fingerprint density at radius 3 is 2.33 bits per heavy atom. The molecule has 0 atom stereocenters. The Hall–Kier alpha value is -1.64. The average molecular weight is 201 g/mol. The fourth-order valence-electron chi connectivity index (χ4n) is 1.61. The minimum atomic E-state index is 0.542. The molecule has 0 saturated heterocycles. The molecule has 0 saturated carbocycles. The van der Waals surface area contributed by atoms with Crippen LogP contribution in [0.5, 0.6) is 0 Å². The van der Waals surface area contributed by atoms with E-state index in [0.717, 1.165) is 5.69 Å². The van der Waals surface area contributed by atoms with Crippen LogP contribution in [0.15, 0.2) is 30.9 Å². The molecule has 1 heterocycles. The molecule has 3 heteroatoms. The van der Waals surface area contributed by atoms with Gasteiger partial charge in [-0.15, -0.1) is 10.2 Å². The molecule has 0 radical (unpaired) electrons. The van der Waals surface area contributed by atoms with Crippen molar-refractivity contribution >= 4 is 0 Å². The average Bonchev–Trinajstić information content (AvgIpc) is 2.69. The molecular formula is C12H15N3. The Kier molecular flexibility index (Phi) is 2.54. The second-order valence-corrected chi connectivity index (χ2v) is 4.13. The number of hydrogen-bond acceptors (Lipinski definition) is 2. The van der Waals surface area contributed by atoms with Crippen molar-refractivity contribution < 1.29 is 0 Å². The minimum Gasteiger partial charge on any atom is -0.288 e. The van der Waals surface area contributed by atoms with Crippen LogP contribution in [0.2, 0.25) is 0 Å². The molecule has 0 spiro atoms. The molecule has 3 nitrogen and oxygen atoms in total. The SMILES string of the molecule is Cc1cc(C(C)C)cc(-n2cnnc2)c1. The quantitative estimate of drug-likeness (QED) is 0.748. The lowest BCUT2D eigenvalue weighted by Gasteiger charge is -2.10. The number of rotatable bonds is 2. The van der Waals surface area contributed by atoms with Crippen LogP contribution in [-0.4, -0.2) is 14.8 Å². The van der Waals surface area contributed by atoms with Crippen LogP contribution in [0.4, 0.5) is 0 Å². The van der Waals surface area contributed by atoms with Gasteiger partial charge in [-0.1, -0.05) is 19.9 Å². The van der Waals surface area contributed by atoms with E-state index in [1.807, 2.05) is 4.57 Å². The Morgan fingerprint density at radius 2 is 1.73 bits per heavy atom. The van der Waals surface area contributed by atoms with Gasteiger partial charge in [-0.2, -0.15) is 0 Å². The fraction of sp³-hybridized carbons (Fsp3) is 0.333. The zero-order chi connectivity index (χ0) is 10.8. The summed E-state index contributed by atoms with van der Waals surface area (Å²) < 4.78 is 1.93. The first-order valence-corrected chi connectivity index (χ1v) is 5.13. The van der Waals surface area contributed by atoms with Crippen molar-refractivity contribution in [3.63, 3.8) is 0 Å². The molecule has 0 amide bonds. The van der Waals surface area contributed by atoms with Crippen LogP contribution in [-0.2, 0) is 0 Å². The first kappa shape index (κ1) is 9.90. The van der Waals surface area contributed by atoms with Crippen molar-refractivity contribution in [3.05, 3.63) is 42.0 Å². The lowest BCUT2D eigenvalue weighted by Crippen LogP contribution is -1.95. The molecule has 2 rings (SSSR count). The second-order valence-electron chi connectivity index (χ2n) is 4.13.